The van der Waals surface area contributed by atoms with Crippen molar-refractivity contribution in [3.05, 3.63) is 70.0 Å². The Balaban J connectivity index is 0.00000288. The van der Waals surface area contributed by atoms with Crippen molar-refractivity contribution in [2.75, 3.05) is 6.54 Å². The first-order valence-electron chi connectivity index (χ1n) is 7.47. The third-order valence-corrected chi connectivity index (χ3v) is 4.00. The molecule has 0 aromatic heterocycles. The van der Waals surface area contributed by atoms with Gasteiger partial charge in [0.2, 0.25) is 0 Å². The molecule has 2 aromatic rings. The van der Waals surface area contributed by atoms with Crippen LogP contribution in [0.5, 0.6) is 0 Å². The minimum absolute atomic E-state index is 0. The summed E-state index contributed by atoms with van der Waals surface area (Å²) in [5, 5.41) is 2.80. The van der Waals surface area contributed by atoms with Crippen molar-refractivity contribution >= 4 is 29.9 Å². The summed E-state index contributed by atoms with van der Waals surface area (Å²) < 4.78 is 13.0. The van der Waals surface area contributed by atoms with Gasteiger partial charge in [0.15, 0.2) is 0 Å². The fourth-order valence-corrected chi connectivity index (χ4v) is 2.47. The van der Waals surface area contributed by atoms with Gasteiger partial charge < -0.3 is 11.1 Å². The van der Waals surface area contributed by atoms with Crippen LogP contribution in [-0.4, -0.2) is 12.5 Å². The number of nitrogens with one attached hydrogen (secondary N) is 1. The van der Waals surface area contributed by atoms with E-state index in [1.165, 1.54) is 17.7 Å². The lowest BCUT2D eigenvalue weighted by molar-refractivity contribution is 0.0951. The number of halogens is 3. The van der Waals surface area contributed by atoms with E-state index in [0.29, 0.717) is 5.92 Å². The molecular formula is C18H21Cl2FN2O. The number of amides is 1. The molecule has 0 aliphatic rings. The molecular weight excluding hydrogens is 350 g/mol. The number of benzene rings is 2. The number of nitrogens with two attached hydrogens (primary N) is 1. The van der Waals surface area contributed by atoms with Crippen molar-refractivity contribution in [1.82, 2.24) is 5.32 Å². The van der Waals surface area contributed by atoms with E-state index in [9.17, 15) is 9.18 Å². The van der Waals surface area contributed by atoms with Gasteiger partial charge in [-0.3, -0.25) is 4.79 Å². The molecule has 130 valence electrons. The van der Waals surface area contributed by atoms with Crippen LogP contribution in [0.4, 0.5) is 4.39 Å². The molecule has 0 heterocycles. The number of rotatable bonds is 5. The summed E-state index contributed by atoms with van der Waals surface area (Å²) in [5.41, 5.74) is 8.52. The van der Waals surface area contributed by atoms with E-state index in [1.807, 2.05) is 24.3 Å². The first-order valence-corrected chi connectivity index (χ1v) is 7.85. The summed E-state index contributed by atoms with van der Waals surface area (Å²) in [5.74, 6) is -0.390. The zero-order valence-electron chi connectivity index (χ0n) is 13.6. The summed E-state index contributed by atoms with van der Waals surface area (Å²) in [4.78, 5) is 12.1. The molecule has 0 saturated heterocycles. The first kappa shape index (κ1) is 20.4. The summed E-state index contributed by atoms with van der Waals surface area (Å²) in [6, 6.07) is 11.4. The summed E-state index contributed by atoms with van der Waals surface area (Å²) in [6.07, 6.45) is 0. The number of carbonyl (C=O) groups is 1. The Morgan fingerprint density at radius 3 is 2.29 bits per heavy atom. The van der Waals surface area contributed by atoms with E-state index in [4.69, 9.17) is 17.3 Å². The van der Waals surface area contributed by atoms with Gasteiger partial charge in [-0.1, -0.05) is 49.7 Å². The molecule has 6 heteroatoms. The second-order valence-corrected chi connectivity index (χ2v) is 6.17. The van der Waals surface area contributed by atoms with Crippen molar-refractivity contribution in [3.63, 3.8) is 0 Å². The molecule has 0 fully saturated rings. The summed E-state index contributed by atoms with van der Waals surface area (Å²) in [7, 11) is 0. The van der Waals surface area contributed by atoms with Crippen LogP contribution in [0.2, 0.25) is 5.02 Å². The quantitative estimate of drug-likeness (QED) is 0.816. The largest absolute Gasteiger partial charge is 0.350 e. The third kappa shape index (κ3) is 5.20. The molecule has 3 nitrogen and oxygen atoms in total. The maximum atomic E-state index is 13.0. The minimum Gasteiger partial charge on any atom is -0.350 e. The van der Waals surface area contributed by atoms with E-state index in [1.54, 1.807) is 0 Å². The molecule has 3 N–H and O–H groups in total. The fraction of sp³-hybridized carbons (Fsp3) is 0.278. The van der Waals surface area contributed by atoms with Gasteiger partial charge in [0, 0.05) is 12.6 Å². The zero-order chi connectivity index (χ0) is 17.0. The van der Waals surface area contributed by atoms with Gasteiger partial charge in [0.05, 0.1) is 10.6 Å². The molecule has 1 unspecified atom stereocenters. The lowest BCUT2D eigenvalue weighted by Gasteiger charge is -2.15. The Kier molecular flexibility index (Phi) is 7.67. The Labute approximate surface area is 152 Å². The smallest absolute Gasteiger partial charge is 0.252 e. The lowest BCUT2D eigenvalue weighted by Crippen LogP contribution is -2.32. The second-order valence-electron chi connectivity index (χ2n) is 5.76. The van der Waals surface area contributed by atoms with Gasteiger partial charge in [-0.05, 0) is 35.2 Å². The molecule has 0 aliphatic heterocycles. The third-order valence-electron chi connectivity index (χ3n) is 3.69. The Hall–Kier alpha value is -1.62. The highest BCUT2D eigenvalue weighted by atomic mass is 35.5. The van der Waals surface area contributed by atoms with E-state index >= 15 is 0 Å². The normalized spacial score (nSPS) is 11.8. The van der Waals surface area contributed by atoms with Gasteiger partial charge >= 0.3 is 0 Å². The zero-order valence-corrected chi connectivity index (χ0v) is 15.1. The Morgan fingerprint density at radius 2 is 1.75 bits per heavy atom. The average molecular weight is 371 g/mol. The first-order chi connectivity index (χ1) is 10.9. The van der Waals surface area contributed by atoms with Gasteiger partial charge in [-0.2, -0.15) is 0 Å². The van der Waals surface area contributed by atoms with E-state index in [2.05, 4.69) is 19.2 Å². The number of hydrogen-bond acceptors (Lipinski definition) is 2. The highest BCUT2D eigenvalue weighted by molar-refractivity contribution is 6.33. The highest BCUT2D eigenvalue weighted by Gasteiger charge is 2.13. The molecule has 0 bridgehead atoms. The van der Waals surface area contributed by atoms with Crippen LogP contribution in [-0.2, 0) is 0 Å². The Bertz CT molecular complexity index is 690. The number of carbonyl (C=O) groups excluding carboxylic acids is 1. The summed E-state index contributed by atoms with van der Waals surface area (Å²) >= 11 is 5.87. The van der Waals surface area contributed by atoms with E-state index < -0.39 is 5.82 Å². The molecule has 2 rings (SSSR count). The van der Waals surface area contributed by atoms with Crippen LogP contribution >= 0.6 is 24.0 Å². The van der Waals surface area contributed by atoms with E-state index in [-0.39, 0.29) is 41.5 Å². The minimum atomic E-state index is -0.478. The molecule has 1 atom stereocenters. The monoisotopic (exact) mass is 370 g/mol. The molecule has 0 saturated carbocycles. The van der Waals surface area contributed by atoms with Crippen LogP contribution in [0, 0.1) is 5.82 Å². The lowest BCUT2D eigenvalue weighted by atomic mass is 9.99. The molecule has 24 heavy (non-hydrogen) atoms. The maximum absolute atomic E-state index is 13.0. The maximum Gasteiger partial charge on any atom is 0.252 e. The van der Waals surface area contributed by atoms with Crippen molar-refractivity contribution < 1.29 is 9.18 Å². The highest BCUT2D eigenvalue weighted by Crippen LogP contribution is 2.19. The van der Waals surface area contributed by atoms with Crippen molar-refractivity contribution in [1.29, 1.82) is 0 Å². The van der Waals surface area contributed by atoms with Crippen LogP contribution in [0.25, 0.3) is 0 Å². The Morgan fingerprint density at radius 1 is 1.17 bits per heavy atom. The van der Waals surface area contributed by atoms with Crippen molar-refractivity contribution in [3.8, 4) is 0 Å². The van der Waals surface area contributed by atoms with E-state index in [0.717, 1.165) is 11.6 Å². The fourth-order valence-electron chi connectivity index (χ4n) is 2.22. The molecule has 0 spiro atoms. The van der Waals surface area contributed by atoms with Crippen LogP contribution in [0.1, 0.15) is 47.3 Å². The van der Waals surface area contributed by atoms with Gasteiger partial charge in [-0.15, -0.1) is 12.4 Å². The van der Waals surface area contributed by atoms with Crippen LogP contribution in [0.3, 0.4) is 0 Å². The van der Waals surface area contributed by atoms with Crippen molar-refractivity contribution in [2.24, 2.45) is 5.73 Å². The predicted octanol–water partition coefficient (Wildman–Crippen LogP) is 4.45. The second kappa shape index (κ2) is 9.02. The van der Waals surface area contributed by atoms with Gasteiger partial charge in [0.25, 0.3) is 5.91 Å². The average Bonchev–Trinajstić information content (AvgIpc) is 2.52. The van der Waals surface area contributed by atoms with Crippen LogP contribution in [0.15, 0.2) is 42.5 Å². The van der Waals surface area contributed by atoms with Crippen LogP contribution < -0.4 is 11.1 Å². The van der Waals surface area contributed by atoms with Gasteiger partial charge in [-0.25, -0.2) is 4.39 Å². The number of hydrogen-bond donors (Lipinski definition) is 2. The SMILES string of the molecule is CC(C)c1ccc(C(N)CNC(=O)c2ccc(F)cc2Cl)cc1.Cl. The van der Waals surface area contributed by atoms with Crippen molar-refractivity contribution in [2.45, 2.75) is 25.8 Å². The predicted molar refractivity (Wildman–Crippen MR) is 98.5 cm³/mol. The molecule has 0 radical (unpaired) electrons. The molecule has 1 amide bonds. The topological polar surface area (TPSA) is 55.1 Å². The summed E-state index contributed by atoms with van der Waals surface area (Å²) in [6.45, 7) is 4.52. The molecule has 2 aromatic carbocycles. The van der Waals surface area contributed by atoms with Gasteiger partial charge in [0.1, 0.15) is 5.82 Å². The molecule has 0 aliphatic carbocycles. The standard InChI is InChI=1S/C18H20ClFN2O.ClH/c1-11(2)12-3-5-13(6-4-12)17(21)10-22-18(23)15-8-7-14(20)9-16(15)19;/h3-9,11,17H,10,21H2,1-2H3,(H,22,23);1H.